The Morgan fingerprint density at radius 1 is 1.18 bits per heavy atom. The van der Waals surface area contributed by atoms with E-state index in [4.69, 9.17) is 28.9 Å². The molecule has 0 aliphatic heterocycles. The van der Waals surface area contributed by atoms with Crippen molar-refractivity contribution in [3.8, 4) is 0 Å². The molecule has 0 aliphatic carbocycles. The first kappa shape index (κ1) is 13.4. The molecule has 2 N–H and O–H groups in total. The average Bonchev–Trinajstić information content (AvgIpc) is 2.70. The standard InChI is InChI=1S/C12H10BrCl2NS/c13-12-5-4-11(17-12)10(16)6-7-8(14)2-1-3-9(7)15/h1-5,10H,6,16H2. The summed E-state index contributed by atoms with van der Waals surface area (Å²) in [5, 5.41) is 1.34. The lowest BCUT2D eigenvalue weighted by Gasteiger charge is -2.12. The lowest BCUT2D eigenvalue weighted by atomic mass is 10.1. The Morgan fingerprint density at radius 3 is 2.35 bits per heavy atom. The van der Waals surface area contributed by atoms with Crippen LogP contribution in [0.5, 0.6) is 0 Å². The monoisotopic (exact) mass is 349 g/mol. The van der Waals surface area contributed by atoms with Gasteiger partial charge < -0.3 is 5.73 Å². The van der Waals surface area contributed by atoms with Gasteiger partial charge in [-0.2, -0.15) is 0 Å². The van der Waals surface area contributed by atoms with Gasteiger partial charge in [0.2, 0.25) is 0 Å². The van der Waals surface area contributed by atoms with Crippen molar-refractivity contribution in [1.29, 1.82) is 0 Å². The highest BCUT2D eigenvalue weighted by molar-refractivity contribution is 9.11. The van der Waals surface area contributed by atoms with E-state index in [0.717, 1.165) is 14.2 Å². The zero-order valence-electron chi connectivity index (χ0n) is 8.79. The molecule has 0 amide bonds. The molecule has 1 atom stereocenters. The van der Waals surface area contributed by atoms with Crippen molar-refractivity contribution >= 4 is 50.5 Å². The molecule has 0 bridgehead atoms. The van der Waals surface area contributed by atoms with E-state index in [2.05, 4.69) is 15.9 Å². The van der Waals surface area contributed by atoms with Crippen LogP contribution in [0.3, 0.4) is 0 Å². The molecule has 0 radical (unpaired) electrons. The first-order valence-electron chi connectivity index (χ1n) is 5.01. The van der Waals surface area contributed by atoms with E-state index in [-0.39, 0.29) is 6.04 Å². The van der Waals surface area contributed by atoms with Crippen LogP contribution in [-0.4, -0.2) is 0 Å². The van der Waals surface area contributed by atoms with Gasteiger partial charge in [0, 0.05) is 21.0 Å². The molecule has 1 nitrogen and oxygen atoms in total. The summed E-state index contributed by atoms with van der Waals surface area (Å²) in [4.78, 5) is 1.12. The Labute approximate surface area is 123 Å². The summed E-state index contributed by atoms with van der Waals surface area (Å²) in [6.45, 7) is 0. The molecular formula is C12H10BrCl2NS. The van der Waals surface area contributed by atoms with Gasteiger partial charge in [-0.3, -0.25) is 0 Å². The quantitative estimate of drug-likeness (QED) is 0.822. The van der Waals surface area contributed by atoms with E-state index in [1.165, 1.54) is 0 Å². The van der Waals surface area contributed by atoms with Crippen LogP contribution < -0.4 is 5.73 Å². The number of halogens is 3. The first-order chi connectivity index (χ1) is 8.08. The zero-order chi connectivity index (χ0) is 12.4. The van der Waals surface area contributed by atoms with Crippen LogP contribution in [0.1, 0.15) is 16.5 Å². The maximum Gasteiger partial charge on any atom is 0.0701 e. The summed E-state index contributed by atoms with van der Waals surface area (Å²) in [6.07, 6.45) is 0.644. The second-order valence-electron chi connectivity index (χ2n) is 3.65. The Bertz CT molecular complexity index is 507. The number of thiophene rings is 1. The lowest BCUT2D eigenvalue weighted by Crippen LogP contribution is -2.12. The Morgan fingerprint density at radius 2 is 1.82 bits per heavy atom. The van der Waals surface area contributed by atoms with Gasteiger partial charge in [0.1, 0.15) is 0 Å². The molecule has 90 valence electrons. The molecule has 0 saturated carbocycles. The van der Waals surface area contributed by atoms with Crippen LogP contribution in [0.15, 0.2) is 34.1 Å². The van der Waals surface area contributed by atoms with Crippen LogP contribution in [-0.2, 0) is 6.42 Å². The molecule has 1 aromatic heterocycles. The van der Waals surface area contributed by atoms with Crippen molar-refractivity contribution in [2.24, 2.45) is 5.73 Å². The largest absolute Gasteiger partial charge is 0.323 e. The third kappa shape index (κ3) is 3.24. The summed E-state index contributed by atoms with van der Waals surface area (Å²) in [7, 11) is 0. The van der Waals surface area contributed by atoms with E-state index in [9.17, 15) is 0 Å². The van der Waals surface area contributed by atoms with Crippen LogP contribution in [0.25, 0.3) is 0 Å². The first-order valence-corrected chi connectivity index (χ1v) is 7.38. The van der Waals surface area contributed by atoms with Crippen LogP contribution in [0.4, 0.5) is 0 Å². The second-order valence-corrected chi connectivity index (χ2v) is 6.96. The molecule has 17 heavy (non-hydrogen) atoms. The topological polar surface area (TPSA) is 26.0 Å². The highest BCUT2D eigenvalue weighted by Crippen LogP contribution is 2.32. The molecule has 0 saturated heterocycles. The van der Waals surface area contributed by atoms with Crippen molar-refractivity contribution in [3.63, 3.8) is 0 Å². The summed E-state index contributed by atoms with van der Waals surface area (Å²) in [5.41, 5.74) is 7.06. The van der Waals surface area contributed by atoms with Crippen molar-refractivity contribution in [2.75, 3.05) is 0 Å². The van der Waals surface area contributed by atoms with Crippen LogP contribution in [0.2, 0.25) is 10.0 Å². The fourth-order valence-electron chi connectivity index (χ4n) is 1.58. The fourth-order valence-corrected chi connectivity index (χ4v) is 3.55. The van der Waals surface area contributed by atoms with E-state index in [1.54, 1.807) is 11.3 Å². The average molecular weight is 351 g/mol. The smallest absolute Gasteiger partial charge is 0.0701 e. The summed E-state index contributed by atoms with van der Waals surface area (Å²) in [5.74, 6) is 0. The van der Waals surface area contributed by atoms with Gasteiger partial charge in [-0.25, -0.2) is 0 Å². The molecular weight excluding hydrogens is 341 g/mol. The van der Waals surface area contributed by atoms with E-state index in [0.29, 0.717) is 16.5 Å². The van der Waals surface area contributed by atoms with Gasteiger partial charge in [-0.15, -0.1) is 11.3 Å². The Hall–Kier alpha value is -0.0600. The number of hydrogen-bond donors (Lipinski definition) is 1. The van der Waals surface area contributed by atoms with Gasteiger partial charge in [0.15, 0.2) is 0 Å². The number of nitrogens with two attached hydrogens (primary N) is 1. The molecule has 1 aromatic carbocycles. The molecule has 5 heteroatoms. The molecule has 0 aliphatic rings. The SMILES string of the molecule is NC(Cc1c(Cl)cccc1Cl)c1ccc(Br)s1. The van der Waals surface area contributed by atoms with Gasteiger partial charge in [0.05, 0.1) is 3.79 Å². The molecule has 0 spiro atoms. The van der Waals surface area contributed by atoms with Gasteiger partial charge >= 0.3 is 0 Å². The number of benzene rings is 1. The third-order valence-corrected chi connectivity index (χ3v) is 4.91. The highest BCUT2D eigenvalue weighted by atomic mass is 79.9. The zero-order valence-corrected chi connectivity index (χ0v) is 12.7. The normalized spacial score (nSPS) is 12.7. The minimum absolute atomic E-state index is 0.0799. The predicted octanol–water partition coefficient (Wildman–Crippen LogP) is 5.06. The Balaban J connectivity index is 2.21. The van der Waals surface area contributed by atoms with Gasteiger partial charge in [-0.05, 0) is 52.2 Å². The van der Waals surface area contributed by atoms with Crippen molar-refractivity contribution in [3.05, 3.63) is 54.6 Å². The van der Waals surface area contributed by atoms with E-state index in [1.807, 2.05) is 30.3 Å². The molecule has 2 rings (SSSR count). The molecule has 1 unspecified atom stereocenters. The van der Waals surface area contributed by atoms with Crippen molar-refractivity contribution in [2.45, 2.75) is 12.5 Å². The predicted molar refractivity (Wildman–Crippen MR) is 79.1 cm³/mol. The molecule has 1 heterocycles. The second kappa shape index (κ2) is 5.72. The number of rotatable bonds is 3. The van der Waals surface area contributed by atoms with E-state index >= 15 is 0 Å². The molecule has 0 fully saturated rings. The van der Waals surface area contributed by atoms with Crippen LogP contribution >= 0.6 is 50.5 Å². The minimum atomic E-state index is -0.0799. The van der Waals surface area contributed by atoms with Crippen LogP contribution in [0, 0.1) is 0 Å². The summed E-state index contributed by atoms with van der Waals surface area (Å²) < 4.78 is 1.08. The summed E-state index contributed by atoms with van der Waals surface area (Å²) >= 11 is 17.3. The summed E-state index contributed by atoms with van der Waals surface area (Å²) in [6, 6.07) is 9.43. The van der Waals surface area contributed by atoms with Crippen molar-refractivity contribution in [1.82, 2.24) is 0 Å². The highest BCUT2D eigenvalue weighted by Gasteiger charge is 2.13. The maximum atomic E-state index is 6.15. The number of hydrogen-bond acceptors (Lipinski definition) is 2. The van der Waals surface area contributed by atoms with E-state index < -0.39 is 0 Å². The lowest BCUT2D eigenvalue weighted by molar-refractivity contribution is 0.737. The third-order valence-electron chi connectivity index (χ3n) is 2.45. The van der Waals surface area contributed by atoms with Crippen molar-refractivity contribution < 1.29 is 0 Å². The van der Waals surface area contributed by atoms with Gasteiger partial charge in [0.25, 0.3) is 0 Å². The fraction of sp³-hybridized carbons (Fsp3) is 0.167. The maximum absolute atomic E-state index is 6.15. The molecule has 2 aromatic rings. The Kier molecular flexibility index (Phi) is 4.50. The minimum Gasteiger partial charge on any atom is -0.323 e. The van der Waals surface area contributed by atoms with Gasteiger partial charge in [-0.1, -0.05) is 29.3 Å².